The maximum absolute atomic E-state index is 13.2. The summed E-state index contributed by atoms with van der Waals surface area (Å²) in [4.78, 5) is 67.9. The number of carbonyl (C=O) groups excluding carboxylic acids is 4. The van der Waals surface area contributed by atoms with Crippen LogP contribution in [0.15, 0.2) is 10.2 Å². The topological polar surface area (TPSA) is 305 Å². The van der Waals surface area contributed by atoms with Crippen LogP contribution in [0.25, 0.3) is 10.4 Å². The van der Waals surface area contributed by atoms with Gasteiger partial charge in [-0.2, -0.15) is 17.5 Å². The maximum Gasteiger partial charge on any atom is 0.327 e. The predicted octanol–water partition coefficient (Wildman–Crippen LogP) is -3.04. The van der Waals surface area contributed by atoms with Gasteiger partial charge >= 0.3 is 5.97 Å². The lowest BCUT2D eigenvalue weighted by atomic mass is 10.1. The van der Waals surface area contributed by atoms with Crippen molar-refractivity contribution < 1.29 is 29.1 Å². The Kier molecular flexibility index (Phi) is 18.0. The van der Waals surface area contributed by atoms with E-state index in [1.54, 1.807) is 0 Å². The van der Waals surface area contributed by atoms with Crippen LogP contribution in [0.2, 0.25) is 0 Å². The van der Waals surface area contributed by atoms with Gasteiger partial charge in [0.25, 0.3) is 0 Å². The zero-order valence-electron chi connectivity index (χ0n) is 21.6. The Morgan fingerprint density at radius 2 is 1.49 bits per heavy atom. The molecule has 12 N–H and O–H groups in total. The molecule has 0 saturated heterocycles. The first kappa shape index (κ1) is 35.0. The number of aliphatic carboxylic acids is 1. The first-order valence-corrected chi connectivity index (χ1v) is 12.7. The van der Waals surface area contributed by atoms with Crippen molar-refractivity contribution in [3.8, 4) is 0 Å². The largest absolute Gasteiger partial charge is 0.480 e. The Hall–Kier alpha value is -3.96. The van der Waals surface area contributed by atoms with E-state index in [1.165, 1.54) is 6.92 Å². The number of guanidine groups is 1. The minimum atomic E-state index is -1.31. The van der Waals surface area contributed by atoms with E-state index in [0.29, 0.717) is 19.4 Å². The van der Waals surface area contributed by atoms with Crippen molar-refractivity contribution in [3.63, 3.8) is 0 Å². The average Bonchev–Trinajstić information content (AvgIpc) is 2.89. The van der Waals surface area contributed by atoms with E-state index in [1.807, 2.05) is 0 Å². The van der Waals surface area contributed by atoms with Gasteiger partial charge in [0, 0.05) is 12.3 Å². The number of carboxylic acid groups (broad SMARTS) is 1. The van der Waals surface area contributed by atoms with Crippen molar-refractivity contribution in [3.05, 3.63) is 10.4 Å². The van der Waals surface area contributed by atoms with E-state index in [9.17, 15) is 29.1 Å². The molecule has 0 radical (unpaired) electrons. The lowest BCUT2D eigenvalue weighted by molar-refractivity contribution is -0.141. The second-order valence-electron chi connectivity index (χ2n) is 8.24. The molecule has 0 saturated carbocycles. The molecule has 0 heterocycles. The molecular formula is C20H38N12O6S. The van der Waals surface area contributed by atoms with Crippen molar-refractivity contribution in [2.45, 2.75) is 63.2 Å². The van der Waals surface area contributed by atoms with E-state index in [2.05, 4.69) is 54.4 Å². The Labute approximate surface area is 230 Å². The molecule has 19 heteroatoms. The summed E-state index contributed by atoms with van der Waals surface area (Å²) in [5, 5.41) is 22.2. The third-order valence-corrected chi connectivity index (χ3v) is 5.48. The van der Waals surface area contributed by atoms with Crippen molar-refractivity contribution in [2.75, 3.05) is 25.4 Å². The SMILES string of the molecule is C[C@H](NC(=O)CN)C(=O)N[C@@H](CCCN=C(N)N)C(=O)N[C@@H](CCCCNN=[N+]=[N-])C(=O)N[C@@H](CS)C(=O)O. The molecule has 0 aliphatic carbocycles. The van der Waals surface area contributed by atoms with Gasteiger partial charge in [-0.05, 0) is 44.3 Å². The minimum Gasteiger partial charge on any atom is -0.480 e. The van der Waals surface area contributed by atoms with Crippen LogP contribution in [0.1, 0.15) is 39.0 Å². The monoisotopic (exact) mass is 574 g/mol. The zero-order chi connectivity index (χ0) is 29.8. The quantitative estimate of drug-likeness (QED) is 0.0102. The molecule has 0 aliphatic rings. The number of unbranched alkanes of at least 4 members (excludes halogenated alkanes) is 1. The molecule has 39 heavy (non-hydrogen) atoms. The Bertz CT molecular complexity index is 910. The van der Waals surface area contributed by atoms with Crippen LogP contribution in [0.3, 0.4) is 0 Å². The van der Waals surface area contributed by atoms with E-state index >= 15 is 0 Å². The molecule has 0 spiro atoms. The summed E-state index contributed by atoms with van der Waals surface area (Å²) < 4.78 is 0. The standard InChI is InChI=1S/C20H38N12O6S/c1-11(27-15(33)9-21)16(34)28-13(6-4-7-25-20(22)23)17(35)29-12(5-2-3-8-26-32-31-24)18(36)30-14(10-39)19(37)38/h11-14,26,39H,2-10,21H2,1H3,(H,27,33)(H,28,34)(H,29,35)(H,30,36)(H,37,38)(H4,22,23,25)/t11-,12-,13-,14-/m0/s1. The van der Waals surface area contributed by atoms with Crippen LogP contribution in [0.4, 0.5) is 0 Å². The molecule has 0 aromatic carbocycles. The summed E-state index contributed by atoms with van der Waals surface area (Å²) >= 11 is 3.92. The van der Waals surface area contributed by atoms with E-state index in [4.69, 9.17) is 22.7 Å². The molecule has 220 valence electrons. The normalized spacial score (nSPS) is 13.3. The van der Waals surface area contributed by atoms with Crippen LogP contribution < -0.4 is 43.9 Å². The Balaban J connectivity index is 5.64. The highest BCUT2D eigenvalue weighted by Gasteiger charge is 2.29. The second-order valence-corrected chi connectivity index (χ2v) is 8.60. The zero-order valence-corrected chi connectivity index (χ0v) is 22.5. The molecule has 18 nitrogen and oxygen atoms in total. The van der Waals surface area contributed by atoms with Gasteiger partial charge in [-0.1, -0.05) is 0 Å². The number of carbonyl (C=O) groups is 5. The average molecular weight is 575 g/mol. The first-order chi connectivity index (χ1) is 18.5. The fraction of sp³-hybridized carbons (Fsp3) is 0.700. The van der Waals surface area contributed by atoms with E-state index in [-0.39, 0.29) is 44.1 Å². The van der Waals surface area contributed by atoms with Gasteiger partial charge in [0.05, 0.1) is 13.1 Å². The van der Waals surface area contributed by atoms with Gasteiger partial charge in [0.2, 0.25) is 23.6 Å². The fourth-order valence-electron chi connectivity index (χ4n) is 3.07. The highest BCUT2D eigenvalue weighted by molar-refractivity contribution is 7.80. The van der Waals surface area contributed by atoms with Gasteiger partial charge in [0.1, 0.15) is 24.2 Å². The summed E-state index contributed by atoms with van der Waals surface area (Å²) in [5.41, 5.74) is 26.6. The van der Waals surface area contributed by atoms with Gasteiger partial charge in [-0.15, -0.1) is 5.53 Å². The van der Waals surface area contributed by atoms with Crippen molar-refractivity contribution in [2.24, 2.45) is 27.4 Å². The number of rotatable bonds is 20. The molecule has 0 fully saturated rings. The van der Waals surface area contributed by atoms with Crippen LogP contribution in [-0.2, 0) is 24.0 Å². The smallest absolute Gasteiger partial charge is 0.327 e. The van der Waals surface area contributed by atoms with E-state index < -0.39 is 53.8 Å². The predicted molar refractivity (Wildman–Crippen MR) is 145 cm³/mol. The lowest BCUT2D eigenvalue weighted by Crippen LogP contribution is -2.57. The van der Waals surface area contributed by atoms with Gasteiger partial charge < -0.3 is 43.6 Å². The molecule has 0 aliphatic heterocycles. The molecule has 0 rings (SSSR count). The second kappa shape index (κ2) is 20.1. The number of nitrogens with one attached hydrogen (secondary N) is 5. The number of hydrogen-bond acceptors (Lipinski definition) is 9. The van der Waals surface area contributed by atoms with E-state index in [0.717, 1.165) is 0 Å². The number of amides is 4. The Morgan fingerprint density at radius 3 is 2.00 bits per heavy atom. The fourth-order valence-corrected chi connectivity index (χ4v) is 3.32. The minimum absolute atomic E-state index is 0.0741. The van der Waals surface area contributed by atoms with Gasteiger partial charge in [-0.25, -0.2) is 4.79 Å². The maximum atomic E-state index is 13.2. The van der Waals surface area contributed by atoms with Crippen LogP contribution in [0.5, 0.6) is 0 Å². The Morgan fingerprint density at radius 1 is 0.923 bits per heavy atom. The van der Waals surface area contributed by atoms with Crippen molar-refractivity contribution in [1.82, 2.24) is 26.7 Å². The number of nitrogens with two attached hydrogens (primary N) is 3. The highest BCUT2D eigenvalue weighted by Crippen LogP contribution is 2.06. The molecule has 0 aromatic rings. The van der Waals surface area contributed by atoms with Crippen LogP contribution >= 0.6 is 12.6 Å². The molecule has 0 bridgehead atoms. The summed E-state index contributed by atoms with van der Waals surface area (Å²) in [6.07, 6.45) is 1.30. The number of carboxylic acids is 1. The number of nitrogens with zero attached hydrogens (tertiary/aromatic N) is 4. The molecule has 0 aromatic heterocycles. The molecule has 4 amide bonds. The number of aliphatic imine (C=N–C) groups is 1. The lowest BCUT2D eigenvalue weighted by Gasteiger charge is -2.25. The van der Waals surface area contributed by atoms with Crippen molar-refractivity contribution in [1.29, 1.82) is 0 Å². The molecule has 4 atom stereocenters. The van der Waals surface area contributed by atoms with Gasteiger partial charge in [-0.3, -0.25) is 29.6 Å². The third kappa shape index (κ3) is 15.8. The number of thiol groups is 1. The van der Waals surface area contributed by atoms with Crippen LogP contribution in [0, 0.1) is 0 Å². The first-order valence-electron chi connectivity index (χ1n) is 12.0. The summed E-state index contributed by atoms with van der Waals surface area (Å²) in [6.45, 7) is 1.53. The van der Waals surface area contributed by atoms with Crippen molar-refractivity contribution >= 4 is 48.2 Å². The summed E-state index contributed by atoms with van der Waals surface area (Å²) in [5.74, 6) is -4.38. The highest BCUT2D eigenvalue weighted by atomic mass is 32.1. The number of hydrogen-bond donors (Lipinski definition) is 10. The molecule has 0 unspecified atom stereocenters. The molecular weight excluding hydrogens is 536 g/mol. The van der Waals surface area contributed by atoms with Gasteiger partial charge in [0.15, 0.2) is 5.96 Å². The summed E-state index contributed by atoms with van der Waals surface area (Å²) in [6, 6.07) is -4.62. The summed E-state index contributed by atoms with van der Waals surface area (Å²) in [7, 11) is 0. The van der Waals surface area contributed by atoms with Crippen LogP contribution in [-0.4, -0.2) is 90.2 Å². The number of azide groups is 1. The third-order valence-electron chi connectivity index (χ3n) is 5.11.